The van der Waals surface area contributed by atoms with Gasteiger partial charge in [-0.1, -0.05) is 29.8 Å². The van der Waals surface area contributed by atoms with E-state index in [-0.39, 0.29) is 6.10 Å². The molecule has 1 aromatic carbocycles. The van der Waals surface area contributed by atoms with Gasteiger partial charge in [0.05, 0.1) is 12.7 Å². The van der Waals surface area contributed by atoms with Crippen LogP contribution in [0.3, 0.4) is 0 Å². The average molecular weight is 344 g/mol. The molecule has 2 atom stereocenters. The predicted octanol–water partition coefficient (Wildman–Crippen LogP) is 2.56. The fourth-order valence-corrected chi connectivity index (χ4v) is 3.32. The van der Waals surface area contributed by atoms with Gasteiger partial charge in [-0.3, -0.25) is 0 Å². The lowest BCUT2D eigenvalue weighted by molar-refractivity contribution is -0.486. The van der Waals surface area contributed by atoms with Gasteiger partial charge < -0.3 is 14.5 Å². The Kier molecular flexibility index (Phi) is 5.33. The molecule has 2 aliphatic heterocycles. The highest BCUT2D eigenvalue weighted by Crippen LogP contribution is 2.22. The number of guanidine groups is 1. The van der Waals surface area contributed by atoms with Gasteiger partial charge in [-0.15, -0.1) is 0 Å². The maximum atomic E-state index is 11.0. The van der Waals surface area contributed by atoms with Crippen LogP contribution in [0.5, 0.6) is 0 Å². The van der Waals surface area contributed by atoms with Crippen molar-refractivity contribution in [2.75, 3.05) is 26.2 Å². The number of hydrazone groups is 1. The van der Waals surface area contributed by atoms with Gasteiger partial charge in [0.15, 0.2) is 5.03 Å². The van der Waals surface area contributed by atoms with Crippen molar-refractivity contribution in [2.45, 2.75) is 26.4 Å². The van der Waals surface area contributed by atoms with Crippen LogP contribution >= 0.6 is 0 Å². The molecule has 134 valence electrons. The van der Waals surface area contributed by atoms with Crippen LogP contribution in [0.2, 0.25) is 0 Å². The largest absolute Gasteiger partial charge is 0.378 e. The highest BCUT2D eigenvalue weighted by Gasteiger charge is 2.32. The summed E-state index contributed by atoms with van der Waals surface area (Å²) in [6.07, 6.45) is 5.09. The molecule has 0 amide bonds. The highest BCUT2D eigenvalue weighted by molar-refractivity contribution is 5.83. The molecule has 0 aromatic heterocycles. The van der Waals surface area contributed by atoms with Gasteiger partial charge >= 0.3 is 0 Å². The van der Waals surface area contributed by atoms with Crippen LogP contribution < -0.4 is 0 Å². The molecule has 0 N–H and O–H groups in total. The summed E-state index contributed by atoms with van der Waals surface area (Å²) in [7, 11) is 0. The van der Waals surface area contributed by atoms with E-state index in [1.807, 2.05) is 53.3 Å². The van der Waals surface area contributed by atoms with Crippen LogP contribution in [-0.2, 0) is 4.74 Å². The van der Waals surface area contributed by atoms with Crippen LogP contribution in [0, 0.1) is 23.0 Å². The minimum Gasteiger partial charge on any atom is -0.378 e. The zero-order valence-electron chi connectivity index (χ0n) is 14.7. The van der Waals surface area contributed by atoms with Gasteiger partial charge in [-0.2, -0.15) is 0 Å². The van der Waals surface area contributed by atoms with E-state index in [9.17, 15) is 10.1 Å². The summed E-state index contributed by atoms with van der Waals surface area (Å²) in [6, 6.07) is 8.15. The van der Waals surface area contributed by atoms with E-state index in [1.165, 1.54) is 5.56 Å². The van der Waals surface area contributed by atoms with Gasteiger partial charge in [0, 0.05) is 31.8 Å². The third-order valence-corrected chi connectivity index (χ3v) is 4.61. The van der Waals surface area contributed by atoms with E-state index in [0.717, 1.165) is 25.1 Å². The average Bonchev–Trinajstić information content (AvgIpc) is 3.14. The second-order valence-electron chi connectivity index (χ2n) is 6.75. The van der Waals surface area contributed by atoms with Crippen molar-refractivity contribution in [1.29, 1.82) is 0 Å². The van der Waals surface area contributed by atoms with Crippen LogP contribution in [0.15, 0.2) is 35.6 Å². The topological polar surface area (TPSA) is 71.2 Å². The minimum absolute atomic E-state index is 0.265. The molecule has 2 heterocycles. The van der Waals surface area contributed by atoms with Crippen molar-refractivity contribution < 1.29 is 9.77 Å². The summed E-state index contributed by atoms with van der Waals surface area (Å²) >= 11 is 0. The first-order chi connectivity index (χ1) is 12.0. The lowest BCUT2D eigenvalue weighted by atomic mass is 10.1. The van der Waals surface area contributed by atoms with E-state index >= 15 is 0 Å². The van der Waals surface area contributed by atoms with Crippen LogP contribution in [0.4, 0.5) is 0 Å². The molecule has 0 aliphatic carbocycles. The molecule has 0 radical (unpaired) electrons. The number of rotatable bonds is 5. The Morgan fingerprint density at radius 1 is 1.36 bits per heavy atom. The highest BCUT2D eigenvalue weighted by atomic mass is 16.7. The van der Waals surface area contributed by atoms with Crippen molar-refractivity contribution in [3.63, 3.8) is 0 Å². The lowest BCUT2D eigenvalue weighted by Gasteiger charge is -2.21. The maximum absolute atomic E-state index is 11.0. The number of nitro groups is 1. The minimum atomic E-state index is -0.617. The molecule has 0 saturated carbocycles. The lowest BCUT2D eigenvalue weighted by Crippen LogP contribution is -2.35. The fraction of sp³-hybridized carbons (Fsp3) is 0.500. The predicted molar refractivity (Wildman–Crippen MR) is 96.4 cm³/mol. The Hall–Kier alpha value is -2.41. The first kappa shape index (κ1) is 17.4. The molecule has 0 spiro atoms. The molecular weight excluding hydrogens is 320 g/mol. The summed E-state index contributed by atoms with van der Waals surface area (Å²) in [6.45, 7) is 6.98. The third kappa shape index (κ3) is 4.57. The second kappa shape index (κ2) is 7.65. The Bertz CT molecular complexity index is 671. The summed E-state index contributed by atoms with van der Waals surface area (Å²) in [5.74, 6) is 0.806. The molecule has 25 heavy (non-hydrogen) atoms. The van der Waals surface area contributed by atoms with Gasteiger partial charge in [0.25, 0.3) is 5.96 Å². The normalized spacial score (nSPS) is 25.4. The molecule has 2 saturated heterocycles. The van der Waals surface area contributed by atoms with Gasteiger partial charge in [-0.05, 0) is 31.9 Å². The number of ether oxygens (including phenoxy) is 1. The standard InChI is InChI=1S/C18H24N4O3/c1-14-3-5-16(6-4-14)7-8-20-9-10-21(18(20)19-22(23)24)12-17-11-15(2)25-13-17/h3-8,15,17H,9-13H2,1-2H3. The SMILES string of the molecule is Cc1ccc(C=CN2CCN(CC3COC(C)C3)C2=N[N+](=O)[O-])cc1. The quantitative estimate of drug-likeness (QED) is 0.606. The Labute approximate surface area is 147 Å². The molecule has 0 bridgehead atoms. The van der Waals surface area contributed by atoms with Crippen molar-refractivity contribution in [2.24, 2.45) is 11.0 Å². The van der Waals surface area contributed by atoms with Crippen molar-refractivity contribution >= 4 is 12.0 Å². The molecule has 7 heteroatoms. The van der Waals surface area contributed by atoms with Crippen LogP contribution in [-0.4, -0.2) is 53.1 Å². The van der Waals surface area contributed by atoms with E-state index in [4.69, 9.17) is 4.74 Å². The monoisotopic (exact) mass is 344 g/mol. The molecule has 2 aliphatic rings. The third-order valence-electron chi connectivity index (χ3n) is 4.61. The molecule has 7 nitrogen and oxygen atoms in total. The first-order valence-corrected chi connectivity index (χ1v) is 8.62. The summed E-state index contributed by atoms with van der Waals surface area (Å²) in [5, 5.41) is 14.0. The zero-order chi connectivity index (χ0) is 17.8. The number of benzene rings is 1. The molecule has 2 fully saturated rings. The number of aryl methyl sites for hydroxylation is 1. The van der Waals surface area contributed by atoms with E-state index < -0.39 is 5.03 Å². The van der Waals surface area contributed by atoms with Gasteiger partial charge in [0.1, 0.15) is 5.10 Å². The van der Waals surface area contributed by atoms with Crippen molar-refractivity contribution in [3.05, 3.63) is 51.7 Å². The Morgan fingerprint density at radius 3 is 2.76 bits per heavy atom. The molecule has 1 aromatic rings. The van der Waals surface area contributed by atoms with Crippen LogP contribution in [0.25, 0.3) is 6.08 Å². The van der Waals surface area contributed by atoms with Gasteiger partial charge in [-0.25, -0.2) is 10.1 Å². The fourth-order valence-electron chi connectivity index (χ4n) is 3.32. The maximum Gasteiger partial charge on any atom is 0.278 e. The first-order valence-electron chi connectivity index (χ1n) is 8.62. The van der Waals surface area contributed by atoms with Crippen molar-refractivity contribution in [1.82, 2.24) is 9.80 Å². The molecule has 2 unspecified atom stereocenters. The summed E-state index contributed by atoms with van der Waals surface area (Å²) < 4.78 is 5.61. The smallest absolute Gasteiger partial charge is 0.278 e. The van der Waals surface area contributed by atoms with E-state index in [2.05, 4.69) is 12.0 Å². The number of hydrogen-bond donors (Lipinski definition) is 0. The van der Waals surface area contributed by atoms with Crippen molar-refractivity contribution in [3.8, 4) is 0 Å². The second-order valence-corrected chi connectivity index (χ2v) is 6.75. The summed E-state index contributed by atoms with van der Waals surface area (Å²) in [5.41, 5.74) is 2.26. The zero-order valence-corrected chi connectivity index (χ0v) is 14.7. The van der Waals surface area contributed by atoms with E-state index in [0.29, 0.717) is 25.0 Å². The Balaban J connectivity index is 1.70. The van der Waals surface area contributed by atoms with Crippen LogP contribution in [0.1, 0.15) is 24.5 Å². The number of hydrogen-bond acceptors (Lipinski definition) is 3. The van der Waals surface area contributed by atoms with E-state index in [1.54, 1.807) is 0 Å². The Morgan fingerprint density at radius 2 is 2.12 bits per heavy atom. The summed E-state index contributed by atoms with van der Waals surface area (Å²) in [4.78, 5) is 14.8. The van der Waals surface area contributed by atoms with Gasteiger partial charge in [0.2, 0.25) is 0 Å². The molecule has 3 rings (SSSR count). The number of nitrogens with zero attached hydrogens (tertiary/aromatic N) is 4. The molecular formula is C18H24N4O3.